The van der Waals surface area contributed by atoms with Gasteiger partial charge in [-0.05, 0) is 42.9 Å². The smallest absolute Gasteiger partial charge is 0.156 e. The van der Waals surface area contributed by atoms with Crippen LogP contribution in [-0.2, 0) is 0 Å². The first-order valence-corrected chi connectivity index (χ1v) is 9.66. The van der Waals surface area contributed by atoms with E-state index in [0.717, 1.165) is 13.1 Å². The SMILES string of the molecule is CCC1(CNC2=NCC3(CCCCC3)CS2)CCCC1. The van der Waals surface area contributed by atoms with Gasteiger partial charge in [-0.3, -0.25) is 4.99 Å². The molecule has 0 aromatic rings. The molecule has 2 saturated carbocycles. The van der Waals surface area contributed by atoms with Gasteiger partial charge in [0.25, 0.3) is 0 Å². The molecule has 3 aliphatic rings. The summed E-state index contributed by atoms with van der Waals surface area (Å²) < 4.78 is 0. The van der Waals surface area contributed by atoms with Crippen molar-refractivity contribution in [3.63, 3.8) is 0 Å². The number of amidine groups is 1. The quantitative estimate of drug-likeness (QED) is 0.822. The summed E-state index contributed by atoms with van der Waals surface area (Å²) in [6.45, 7) is 4.60. The van der Waals surface area contributed by atoms with E-state index >= 15 is 0 Å². The Morgan fingerprint density at radius 1 is 1.05 bits per heavy atom. The highest BCUT2D eigenvalue weighted by molar-refractivity contribution is 8.13. The number of hydrogen-bond donors (Lipinski definition) is 1. The first-order chi connectivity index (χ1) is 9.76. The predicted molar refractivity (Wildman–Crippen MR) is 89.5 cm³/mol. The summed E-state index contributed by atoms with van der Waals surface area (Å²) in [7, 11) is 0. The number of rotatable bonds is 3. The fraction of sp³-hybridized carbons (Fsp3) is 0.941. The molecule has 1 aliphatic heterocycles. The number of thioether (sulfide) groups is 1. The van der Waals surface area contributed by atoms with E-state index in [0.29, 0.717) is 10.8 Å². The van der Waals surface area contributed by atoms with Gasteiger partial charge < -0.3 is 5.32 Å². The highest BCUT2D eigenvalue weighted by Crippen LogP contribution is 2.43. The van der Waals surface area contributed by atoms with Crippen molar-refractivity contribution in [2.45, 2.75) is 71.1 Å². The number of hydrogen-bond acceptors (Lipinski definition) is 3. The molecule has 1 N–H and O–H groups in total. The van der Waals surface area contributed by atoms with E-state index in [1.807, 2.05) is 11.8 Å². The topological polar surface area (TPSA) is 24.4 Å². The minimum Gasteiger partial charge on any atom is -0.364 e. The standard InChI is InChI=1S/C17H30N2S/c1-2-16(8-6-7-9-16)12-18-15-19-13-17(14-20-15)10-4-3-5-11-17/h2-14H2,1H3,(H,18,19). The summed E-state index contributed by atoms with van der Waals surface area (Å²) in [6, 6.07) is 0. The Bertz CT molecular complexity index is 352. The minimum absolute atomic E-state index is 0.559. The summed E-state index contributed by atoms with van der Waals surface area (Å²) in [4.78, 5) is 4.90. The second kappa shape index (κ2) is 6.29. The Labute approximate surface area is 128 Å². The van der Waals surface area contributed by atoms with Crippen LogP contribution in [0.15, 0.2) is 4.99 Å². The lowest BCUT2D eigenvalue weighted by atomic mass is 9.75. The Balaban J connectivity index is 1.52. The lowest BCUT2D eigenvalue weighted by molar-refractivity contribution is 0.232. The van der Waals surface area contributed by atoms with Gasteiger partial charge in [-0.15, -0.1) is 0 Å². The third-order valence-corrected chi connectivity index (χ3v) is 7.32. The van der Waals surface area contributed by atoms with E-state index in [4.69, 9.17) is 4.99 Å². The second-order valence-electron chi connectivity index (χ2n) is 7.38. The monoisotopic (exact) mass is 294 g/mol. The molecule has 114 valence electrons. The number of aliphatic imine (C=N–C) groups is 1. The van der Waals surface area contributed by atoms with Crippen LogP contribution >= 0.6 is 11.8 Å². The largest absolute Gasteiger partial charge is 0.364 e. The molecule has 2 nitrogen and oxygen atoms in total. The fourth-order valence-electron chi connectivity index (χ4n) is 4.31. The average molecular weight is 295 g/mol. The van der Waals surface area contributed by atoms with Crippen LogP contribution in [0.2, 0.25) is 0 Å². The molecule has 0 aromatic heterocycles. The number of nitrogens with one attached hydrogen (secondary N) is 1. The van der Waals surface area contributed by atoms with Crippen LogP contribution in [0.25, 0.3) is 0 Å². The third kappa shape index (κ3) is 3.18. The fourth-order valence-corrected chi connectivity index (χ4v) is 5.46. The Kier molecular flexibility index (Phi) is 4.64. The molecule has 1 heterocycles. The van der Waals surface area contributed by atoms with E-state index in [1.54, 1.807) is 0 Å². The highest BCUT2D eigenvalue weighted by atomic mass is 32.2. The zero-order valence-corrected chi connectivity index (χ0v) is 13.9. The molecule has 3 heteroatoms. The molecule has 0 radical (unpaired) electrons. The van der Waals surface area contributed by atoms with Crippen LogP contribution in [0.3, 0.4) is 0 Å². The molecule has 3 rings (SSSR count). The highest BCUT2D eigenvalue weighted by Gasteiger charge is 2.36. The van der Waals surface area contributed by atoms with Gasteiger partial charge in [0.15, 0.2) is 5.17 Å². The van der Waals surface area contributed by atoms with Crippen LogP contribution in [-0.4, -0.2) is 24.0 Å². The zero-order valence-electron chi connectivity index (χ0n) is 13.0. The Hall–Kier alpha value is -0.180. The second-order valence-corrected chi connectivity index (χ2v) is 8.35. The maximum Gasteiger partial charge on any atom is 0.156 e. The molecule has 0 amide bonds. The van der Waals surface area contributed by atoms with Gasteiger partial charge in [-0.25, -0.2) is 0 Å². The summed E-state index contributed by atoms with van der Waals surface area (Å²) in [6.07, 6.45) is 14.1. The summed E-state index contributed by atoms with van der Waals surface area (Å²) in [5.41, 5.74) is 1.13. The summed E-state index contributed by atoms with van der Waals surface area (Å²) in [5, 5.41) is 4.93. The van der Waals surface area contributed by atoms with Crippen molar-refractivity contribution in [3.8, 4) is 0 Å². The van der Waals surface area contributed by atoms with E-state index < -0.39 is 0 Å². The molecule has 0 saturated heterocycles. The molecule has 2 fully saturated rings. The molecule has 0 bridgehead atoms. The van der Waals surface area contributed by atoms with Crippen molar-refractivity contribution in [3.05, 3.63) is 0 Å². The summed E-state index contributed by atoms with van der Waals surface area (Å²) in [5.74, 6) is 1.30. The molecular weight excluding hydrogens is 264 g/mol. The molecular formula is C17H30N2S. The van der Waals surface area contributed by atoms with E-state index in [2.05, 4.69) is 12.2 Å². The number of nitrogens with zero attached hydrogens (tertiary/aromatic N) is 1. The lowest BCUT2D eigenvalue weighted by Gasteiger charge is -2.39. The van der Waals surface area contributed by atoms with Gasteiger partial charge in [0.2, 0.25) is 0 Å². The van der Waals surface area contributed by atoms with Gasteiger partial charge >= 0.3 is 0 Å². The van der Waals surface area contributed by atoms with Crippen molar-refractivity contribution in [2.24, 2.45) is 15.8 Å². The van der Waals surface area contributed by atoms with Crippen LogP contribution < -0.4 is 5.32 Å². The van der Waals surface area contributed by atoms with Crippen molar-refractivity contribution in [2.75, 3.05) is 18.8 Å². The lowest BCUT2D eigenvalue weighted by Crippen LogP contribution is -2.40. The first kappa shape index (κ1) is 14.7. The average Bonchev–Trinajstić information content (AvgIpc) is 2.97. The van der Waals surface area contributed by atoms with Crippen LogP contribution in [0.4, 0.5) is 0 Å². The minimum atomic E-state index is 0.559. The van der Waals surface area contributed by atoms with E-state index in [9.17, 15) is 0 Å². The van der Waals surface area contributed by atoms with Crippen molar-refractivity contribution < 1.29 is 0 Å². The normalized spacial score (nSPS) is 28.4. The van der Waals surface area contributed by atoms with Gasteiger partial charge in [0.1, 0.15) is 0 Å². The summed E-state index contributed by atoms with van der Waals surface area (Å²) >= 11 is 2.00. The molecule has 0 atom stereocenters. The van der Waals surface area contributed by atoms with Crippen molar-refractivity contribution in [1.29, 1.82) is 0 Å². The van der Waals surface area contributed by atoms with E-state index in [1.165, 1.54) is 75.1 Å². The van der Waals surface area contributed by atoms with Crippen molar-refractivity contribution >= 4 is 16.9 Å². The van der Waals surface area contributed by atoms with Gasteiger partial charge in [0.05, 0.1) is 0 Å². The van der Waals surface area contributed by atoms with Crippen LogP contribution in [0, 0.1) is 10.8 Å². The predicted octanol–water partition coefficient (Wildman–Crippen LogP) is 4.60. The van der Waals surface area contributed by atoms with Gasteiger partial charge in [-0.2, -0.15) is 0 Å². The van der Waals surface area contributed by atoms with E-state index in [-0.39, 0.29) is 0 Å². The van der Waals surface area contributed by atoms with Crippen molar-refractivity contribution in [1.82, 2.24) is 5.32 Å². The molecule has 0 unspecified atom stereocenters. The Morgan fingerprint density at radius 3 is 2.35 bits per heavy atom. The maximum absolute atomic E-state index is 4.90. The van der Waals surface area contributed by atoms with Gasteiger partial charge in [-0.1, -0.05) is 50.8 Å². The molecule has 0 aromatic carbocycles. The Morgan fingerprint density at radius 2 is 1.75 bits per heavy atom. The van der Waals surface area contributed by atoms with Gasteiger partial charge in [0, 0.05) is 18.8 Å². The third-order valence-electron chi connectivity index (χ3n) is 6.02. The molecule has 20 heavy (non-hydrogen) atoms. The molecule has 2 aliphatic carbocycles. The van der Waals surface area contributed by atoms with Crippen LogP contribution in [0.5, 0.6) is 0 Å². The zero-order chi connectivity index (χ0) is 13.9. The first-order valence-electron chi connectivity index (χ1n) is 8.67. The molecule has 1 spiro atoms. The van der Waals surface area contributed by atoms with Crippen LogP contribution in [0.1, 0.15) is 71.1 Å². The maximum atomic E-state index is 4.90.